The molecule has 3 aromatic rings. The normalized spacial score (nSPS) is 15.5. The number of aromatic nitrogens is 1. The van der Waals surface area contributed by atoms with Crippen molar-refractivity contribution in [2.75, 3.05) is 18.5 Å². The van der Waals surface area contributed by atoms with Crippen LogP contribution in [0.3, 0.4) is 0 Å². The van der Waals surface area contributed by atoms with Crippen LogP contribution in [0.4, 0.5) is 5.69 Å². The Labute approximate surface area is 200 Å². The lowest BCUT2D eigenvalue weighted by molar-refractivity contribution is -0.119. The first-order valence-corrected chi connectivity index (χ1v) is 11.9. The minimum absolute atomic E-state index is 0.127. The molecule has 34 heavy (non-hydrogen) atoms. The van der Waals surface area contributed by atoms with Gasteiger partial charge in [-0.25, -0.2) is 4.79 Å². The van der Waals surface area contributed by atoms with E-state index >= 15 is 0 Å². The molecule has 6 heteroatoms. The summed E-state index contributed by atoms with van der Waals surface area (Å²) in [4.78, 5) is 30.6. The van der Waals surface area contributed by atoms with E-state index in [0.29, 0.717) is 23.8 Å². The molecule has 1 amide bonds. The van der Waals surface area contributed by atoms with Crippen LogP contribution in [0.15, 0.2) is 48.5 Å². The van der Waals surface area contributed by atoms with Crippen LogP contribution in [0, 0.1) is 11.3 Å². The summed E-state index contributed by atoms with van der Waals surface area (Å²) in [6.45, 7) is 8.84. The number of hydrogen-bond donors (Lipinski definition) is 1. The van der Waals surface area contributed by atoms with Crippen molar-refractivity contribution in [1.29, 1.82) is 0 Å². The van der Waals surface area contributed by atoms with Crippen molar-refractivity contribution in [2.24, 2.45) is 11.3 Å². The quantitative estimate of drug-likeness (QED) is 0.486. The number of rotatable bonds is 6. The number of carbonyl (C=O) groups excluding carboxylic acids is 2. The van der Waals surface area contributed by atoms with Crippen LogP contribution in [0.1, 0.15) is 55.7 Å². The number of aryl methyl sites for hydroxylation is 1. The predicted octanol–water partition coefficient (Wildman–Crippen LogP) is 5.58. The molecule has 1 unspecified atom stereocenters. The van der Waals surface area contributed by atoms with Gasteiger partial charge in [0.2, 0.25) is 0 Å². The van der Waals surface area contributed by atoms with E-state index in [2.05, 4.69) is 26.1 Å². The number of hydrogen-bond acceptors (Lipinski definition) is 5. The molecule has 0 saturated heterocycles. The van der Waals surface area contributed by atoms with E-state index in [0.717, 1.165) is 47.2 Å². The first kappa shape index (κ1) is 23.7. The first-order chi connectivity index (χ1) is 16.3. The number of anilines is 1. The molecule has 0 fully saturated rings. The zero-order chi connectivity index (χ0) is 24.3. The third-order valence-corrected chi connectivity index (χ3v) is 6.47. The molecule has 0 saturated carbocycles. The van der Waals surface area contributed by atoms with Crippen molar-refractivity contribution in [3.05, 3.63) is 65.4 Å². The molecule has 1 aromatic heterocycles. The minimum Gasteiger partial charge on any atom is -0.494 e. The van der Waals surface area contributed by atoms with Crippen LogP contribution in [0.5, 0.6) is 5.75 Å². The van der Waals surface area contributed by atoms with E-state index in [1.807, 2.05) is 31.2 Å². The molecular formula is C28H32N2O4. The third-order valence-electron chi connectivity index (χ3n) is 6.47. The maximum atomic E-state index is 13.3. The highest BCUT2D eigenvalue weighted by atomic mass is 16.5. The Morgan fingerprint density at radius 3 is 2.53 bits per heavy atom. The maximum absolute atomic E-state index is 13.3. The number of nitrogens with zero attached hydrogens (tertiary/aromatic N) is 1. The second kappa shape index (κ2) is 9.84. The van der Waals surface area contributed by atoms with E-state index < -0.39 is 11.9 Å². The van der Waals surface area contributed by atoms with Crippen molar-refractivity contribution in [2.45, 2.75) is 47.0 Å². The highest BCUT2D eigenvalue weighted by Crippen LogP contribution is 2.39. The van der Waals surface area contributed by atoms with Gasteiger partial charge in [-0.2, -0.15) is 0 Å². The van der Waals surface area contributed by atoms with Gasteiger partial charge in [0.1, 0.15) is 5.75 Å². The fourth-order valence-corrected chi connectivity index (χ4v) is 4.56. The zero-order valence-corrected chi connectivity index (χ0v) is 20.3. The Hall–Kier alpha value is -3.41. The van der Waals surface area contributed by atoms with Gasteiger partial charge in [0, 0.05) is 16.8 Å². The molecule has 1 heterocycles. The summed E-state index contributed by atoms with van der Waals surface area (Å²) in [6, 6.07) is 14.7. The smallest absolute Gasteiger partial charge is 0.339 e. The number of ether oxygens (including phenoxy) is 2. The highest BCUT2D eigenvalue weighted by Gasteiger charge is 2.33. The average Bonchev–Trinajstić information content (AvgIpc) is 2.81. The van der Waals surface area contributed by atoms with Crippen molar-refractivity contribution in [1.82, 2.24) is 4.98 Å². The van der Waals surface area contributed by atoms with Gasteiger partial charge in [0.05, 0.1) is 17.7 Å². The number of benzene rings is 2. The van der Waals surface area contributed by atoms with Gasteiger partial charge >= 0.3 is 5.97 Å². The number of carbonyl (C=O) groups is 2. The van der Waals surface area contributed by atoms with Crippen LogP contribution in [0.25, 0.3) is 10.9 Å². The van der Waals surface area contributed by atoms with Crippen molar-refractivity contribution < 1.29 is 19.1 Å². The topological polar surface area (TPSA) is 77.5 Å². The molecule has 0 bridgehead atoms. The zero-order valence-electron chi connectivity index (χ0n) is 20.3. The molecule has 0 radical (unpaired) electrons. The van der Waals surface area contributed by atoms with Gasteiger partial charge in [0.25, 0.3) is 5.91 Å². The number of para-hydroxylation sites is 1. The molecule has 4 rings (SSSR count). The monoisotopic (exact) mass is 460 g/mol. The summed E-state index contributed by atoms with van der Waals surface area (Å²) in [5, 5.41) is 3.53. The fraction of sp³-hybridized carbons (Fsp3) is 0.393. The van der Waals surface area contributed by atoms with E-state index in [-0.39, 0.29) is 12.0 Å². The Morgan fingerprint density at radius 1 is 1.09 bits per heavy atom. The second-order valence-corrected chi connectivity index (χ2v) is 9.82. The number of pyridine rings is 1. The Morgan fingerprint density at radius 2 is 1.82 bits per heavy atom. The lowest BCUT2D eigenvalue weighted by Gasteiger charge is -2.35. The number of fused-ring (bicyclic) bond motifs is 2. The summed E-state index contributed by atoms with van der Waals surface area (Å²) in [5.74, 6) is 0.302. The van der Waals surface area contributed by atoms with Crippen LogP contribution < -0.4 is 10.1 Å². The average molecular weight is 461 g/mol. The summed E-state index contributed by atoms with van der Waals surface area (Å²) in [7, 11) is 0. The molecule has 6 nitrogen and oxygen atoms in total. The highest BCUT2D eigenvalue weighted by molar-refractivity contribution is 6.06. The van der Waals surface area contributed by atoms with E-state index in [9.17, 15) is 9.59 Å². The largest absolute Gasteiger partial charge is 0.494 e. The maximum Gasteiger partial charge on any atom is 0.339 e. The molecule has 2 aromatic carbocycles. The van der Waals surface area contributed by atoms with Gasteiger partial charge in [-0.15, -0.1) is 0 Å². The molecule has 1 N–H and O–H groups in total. The lowest BCUT2D eigenvalue weighted by atomic mass is 9.70. The molecular weight excluding hydrogens is 428 g/mol. The fourth-order valence-electron chi connectivity index (χ4n) is 4.56. The Balaban J connectivity index is 1.53. The standard InChI is InChI=1S/C28H32N2O4/c1-5-33-20-13-11-19(12-14-20)29-25(31)17-34-27(32)26-21-8-6-7-9-23(21)30-24-15-10-18(16-22(24)26)28(2,3)4/h6-9,11-14,18H,5,10,15-17H2,1-4H3,(H,29,31). The third kappa shape index (κ3) is 5.22. The van der Waals surface area contributed by atoms with Crippen molar-refractivity contribution >= 4 is 28.5 Å². The molecule has 178 valence electrons. The summed E-state index contributed by atoms with van der Waals surface area (Å²) < 4.78 is 10.9. The predicted molar refractivity (Wildman–Crippen MR) is 133 cm³/mol. The molecule has 1 aliphatic rings. The summed E-state index contributed by atoms with van der Waals surface area (Å²) in [6.07, 6.45) is 2.65. The Kier molecular flexibility index (Phi) is 6.87. The van der Waals surface area contributed by atoms with E-state index in [1.165, 1.54) is 0 Å². The van der Waals surface area contributed by atoms with Gasteiger partial charge in [0.15, 0.2) is 6.61 Å². The van der Waals surface area contributed by atoms with Crippen LogP contribution in [0.2, 0.25) is 0 Å². The molecule has 1 aliphatic carbocycles. The van der Waals surface area contributed by atoms with Crippen molar-refractivity contribution in [3.8, 4) is 5.75 Å². The van der Waals surface area contributed by atoms with Gasteiger partial charge < -0.3 is 14.8 Å². The Bertz CT molecular complexity index is 1200. The minimum atomic E-state index is -0.480. The van der Waals surface area contributed by atoms with Crippen molar-refractivity contribution in [3.63, 3.8) is 0 Å². The van der Waals surface area contributed by atoms with E-state index in [4.69, 9.17) is 14.5 Å². The number of amides is 1. The first-order valence-electron chi connectivity index (χ1n) is 11.9. The number of esters is 1. The van der Waals surface area contributed by atoms with Gasteiger partial charge in [-0.3, -0.25) is 9.78 Å². The molecule has 0 spiro atoms. The van der Waals surface area contributed by atoms with Gasteiger partial charge in [-0.05, 0) is 73.4 Å². The van der Waals surface area contributed by atoms with Crippen LogP contribution >= 0.6 is 0 Å². The number of nitrogens with one attached hydrogen (secondary N) is 1. The van der Waals surface area contributed by atoms with Gasteiger partial charge in [-0.1, -0.05) is 39.0 Å². The SMILES string of the molecule is CCOc1ccc(NC(=O)COC(=O)c2c3c(nc4ccccc24)CCC(C(C)(C)C)C3)cc1. The van der Waals surface area contributed by atoms with E-state index in [1.54, 1.807) is 24.3 Å². The summed E-state index contributed by atoms with van der Waals surface area (Å²) in [5.41, 5.74) is 3.99. The summed E-state index contributed by atoms with van der Waals surface area (Å²) >= 11 is 0. The van der Waals surface area contributed by atoms with Crippen LogP contribution in [-0.2, 0) is 22.4 Å². The second-order valence-electron chi connectivity index (χ2n) is 9.82. The molecule has 1 atom stereocenters. The lowest BCUT2D eigenvalue weighted by Crippen LogP contribution is -2.29. The molecule has 0 aliphatic heterocycles. The van der Waals surface area contributed by atoms with Crippen LogP contribution in [-0.4, -0.2) is 30.1 Å².